The SMILES string of the molecule is C.CON1CCOCC1. The van der Waals surface area contributed by atoms with Crippen molar-refractivity contribution in [2.75, 3.05) is 33.4 Å². The van der Waals surface area contributed by atoms with Crippen LogP contribution >= 0.6 is 0 Å². The van der Waals surface area contributed by atoms with Crippen LogP contribution in [-0.2, 0) is 9.57 Å². The molecule has 0 atom stereocenters. The zero-order chi connectivity index (χ0) is 5.82. The fraction of sp³-hybridized carbons (Fsp3) is 1.00. The third-order valence-electron chi connectivity index (χ3n) is 1.23. The lowest BCUT2D eigenvalue weighted by Crippen LogP contribution is -2.35. The summed E-state index contributed by atoms with van der Waals surface area (Å²) in [6.07, 6.45) is 0. The summed E-state index contributed by atoms with van der Waals surface area (Å²) in [6, 6.07) is 0. The molecule has 1 aliphatic rings. The van der Waals surface area contributed by atoms with Crippen LogP contribution in [0.5, 0.6) is 0 Å². The average molecular weight is 133 g/mol. The highest BCUT2D eigenvalue weighted by molar-refractivity contribution is 4.50. The summed E-state index contributed by atoms with van der Waals surface area (Å²) >= 11 is 0. The summed E-state index contributed by atoms with van der Waals surface area (Å²) in [5.41, 5.74) is 0. The maximum absolute atomic E-state index is 5.08. The number of nitrogens with zero attached hydrogens (tertiary/aromatic N) is 1. The Morgan fingerprint density at radius 3 is 2.22 bits per heavy atom. The van der Waals surface area contributed by atoms with E-state index in [-0.39, 0.29) is 7.43 Å². The lowest BCUT2D eigenvalue weighted by molar-refractivity contribution is -0.171. The molecule has 1 aliphatic heterocycles. The molecule has 3 nitrogen and oxygen atoms in total. The van der Waals surface area contributed by atoms with Gasteiger partial charge in [0.1, 0.15) is 0 Å². The second-order valence-electron chi connectivity index (χ2n) is 1.72. The molecule has 0 radical (unpaired) electrons. The van der Waals surface area contributed by atoms with Gasteiger partial charge in [-0.05, 0) is 0 Å². The van der Waals surface area contributed by atoms with Gasteiger partial charge in [-0.15, -0.1) is 0 Å². The van der Waals surface area contributed by atoms with E-state index in [9.17, 15) is 0 Å². The van der Waals surface area contributed by atoms with Gasteiger partial charge in [0.25, 0.3) is 0 Å². The van der Waals surface area contributed by atoms with Crippen LogP contribution in [0.25, 0.3) is 0 Å². The van der Waals surface area contributed by atoms with Crippen molar-refractivity contribution in [3.05, 3.63) is 0 Å². The highest BCUT2D eigenvalue weighted by atomic mass is 16.7. The first-order valence-electron chi connectivity index (χ1n) is 2.80. The van der Waals surface area contributed by atoms with Gasteiger partial charge in [0, 0.05) is 13.1 Å². The average Bonchev–Trinajstić information content (AvgIpc) is 1.90. The molecule has 0 aromatic heterocycles. The number of hydrogen-bond donors (Lipinski definition) is 0. The summed E-state index contributed by atoms with van der Waals surface area (Å²) in [5, 5.41) is 1.89. The Bertz CT molecular complexity index is 62.1. The van der Waals surface area contributed by atoms with E-state index in [1.54, 1.807) is 7.11 Å². The van der Waals surface area contributed by atoms with E-state index in [1.807, 2.05) is 5.06 Å². The number of morpholine rings is 1. The molecule has 0 aliphatic carbocycles. The van der Waals surface area contributed by atoms with Gasteiger partial charge in [-0.1, -0.05) is 7.43 Å². The summed E-state index contributed by atoms with van der Waals surface area (Å²) < 4.78 is 5.08. The third kappa shape index (κ3) is 2.79. The normalized spacial score (nSPS) is 21.0. The molecule has 0 aromatic rings. The maximum atomic E-state index is 5.08. The lowest BCUT2D eigenvalue weighted by atomic mass is 10.5. The van der Waals surface area contributed by atoms with E-state index < -0.39 is 0 Å². The van der Waals surface area contributed by atoms with Gasteiger partial charge >= 0.3 is 0 Å². The molecule has 0 N–H and O–H groups in total. The van der Waals surface area contributed by atoms with Crippen molar-refractivity contribution in [1.29, 1.82) is 0 Å². The second kappa shape index (κ2) is 4.73. The Labute approximate surface area is 56.5 Å². The molecule has 1 saturated heterocycles. The molecule has 1 rings (SSSR count). The number of ether oxygens (including phenoxy) is 1. The van der Waals surface area contributed by atoms with Crippen LogP contribution in [-0.4, -0.2) is 38.5 Å². The fourth-order valence-corrected chi connectivity index (χ4v) is 0.729. The molecule has 56 valence electrons. The minimum absolute atomic E-state index is 0. The molecule has 3 heteroatoms. The summed E-state index contributed by atoms with van der Waals surface area (Å²) in [6.45, 7) is 3.40. The predicted molar refractivity (Wildman–Crippen MR) is 36.1 cm³/mol. The van der Waals surface area contributed by atoms with E-state index in [0.717, 1.165) is 26.3 Å². The van der Waals surface area contributed by atoms with Crippen molar-refractivity contribution in [1.82, 2.24) is 5.06 Å². The molecule has 1 heterocycles. The van der Waals surface area contributed by atoms with Crippen molar-refractivity contribution >= 4 is 0 Å². The first-order chi connectivity index (χ1) is 3.93. The first kappa shape index (κ1) is 8.88. The largest absolute Gasteiger partial charge is 0.379 e. The van der Waals surface area contributed by atoms with Crippen LogP contribution in [0, 0.1) is 0 Å². The molecule has 0 saturated carbocycles. The Hall–Kier alpha value is -0.120. The van der Waals surface area contributed by atoms with E-state index in [1.165, 1.54) is 0 Å². The predicted octanol–water partition coefficient (Wildman–Crippen LogP) is 0.516. The molecule has 0 bridgehead atoms. The highest BCUT2D eigenvalue weighted by Gasteiger charge is 2.07. The van der Waals surface area contributed by atoms with Crippen LogP contribution < -0.4 is 0 Å². The van der Waals surface area contributed by atoms with Gasteiger partial charge in [0.2, 0.25) is 0 Å². The molecular formula is C6H15NO2. The van der Waals surface area contributed by atoms with Crippen LogP contribution in [0.1, 0.15) is 7.43 Å². The molecule has 0 amide bonds. The minimum Gasteiger partial charge on any atom is -0.379 e. The Balaban J connectivity index is 0.000000640. The van der Waals surface area contributed by atoms with Gasteiger partial charge in [-0.25, -0.2) is 0 Å². The van der Waals surface area contributed by atoms with E-state index in [0.29, 0.717) is 0 Å². The van der Waals surface area contributed by atoms with Gasteiger partial charge in [0.05, 0.1) is 20.3 Å². The summed E-state index contributed by atoms with van der Waals surface area (Å²) in [4.78, 5) is 4.94. The van der Waals surface area contributed by atoms with E-state index in [2.05, 4.69) is 0 Å². The number of rotatable bonds is 1. The zero-order valence-electron chi connectivity index (χ0n) is 5.09. The Morgan fingerprint density at radius 1 is 1.33 bits per heavy atom. The first-order valence-corrected chi connectivity index (χ1v) is 2.80. The Morgan fingerprint density at radius 2 is 1.89 bits per heavy atom. The van der Waals surface area contributed by atoms with Crippen molar-refractivity contribution in [3.63, 3.8) is 0 Å². The monoisotopic (exact) mass is 133 g/mol. The van der Waals surface area contributed by atoms with Gasteiger partial charge in [0.15, 0.2) is 0 Å². The maximum Gasteiger partial charge on any atom is 0.0617 e. The summed E-state index contributed by atoms with van der Waals surface area (Å²) in [5.74, 6) is 0. The van der Waals surface area contributed by atoms with Gasteiger partial charge < -0.3 is 9.57 Å². The topological polar surface area (TPSA) is 21.7 Å². The molecule has 0 spiro atoms. The standard InChI is InChI=1S/C5H11NO2.CH4/c1-7-6-2-4-8-5-3-6;/h2-5H2,1H3;1H4. The van der Waals surface area contributed by atoms with Gasteiger partial charge in [-0.2, -0.15) is 5.06 Å². The zero-order valence-corrected chi connectivity index (χ0v) is 5.09. The smallest absolute Gasteiger partial charge is 0.0617 e. The van der Waals surface area contributed by atoms with Crippen molar-refractivity contribution in [3.8, 4) is 0 Å². The highest BCUT2D eigenvalue weighted by Crippen LogP contribution is 1.94. The fourth-order valence-electron chi connectivity index (χ4n) is 0.729. The number of hydrogen-bond acceptors (Lipinski definition) is 3. The van der Waals surface area contributed by atoms with Gasteiger partial charge in [-0.3, -0.25) is 0 Å². The van der Waals surface area contributed by atoms with Crippen molar-refractivity contribution in [2.45, 2.75) is 7.43 Å². The quantitative estimate of drug-likeness (QED) is 0.520. The molecule has 0 aromatic carbocycles. The third-order valence-corrected chi connectivity index (χ3v) is 1.23. The molecule has 1 fully saturated rings. The minimum atomic E-state index is 0. The Kier molecular flexibility index (Phi) is 4.67. The van der Waals surface area contributed by atoms with E-state index >= 15 is 0 Å². The van der Waals surface area contributed by atoms with Crippen LogP contribution in [0.3, 0.4) is 0 Å². The van der Waals surface area contributed by atoms with Crippen molar-refractivity contribution < 1.29 is 9.57 Å². The molecule has 0 unspecified atom stereocenters. The molecule has 9 heavy (non-hydrogen) atoms. The summed E-state index contributed by atoms with van der Waals surface area (Å²) in [7, 11) is 1.69. The van der Waals surface area contributed by atoms with Crippen molar-refractivity contribution in [2.24, 2.45) is 0 Å². The van der Waals surface area contributed by atoms with E-state index in [4.69, 9.17) is 9.57 Å². The number of hydroxylamine groups is 2. The van der Waals surface area contributed by atoms with Crippen LogP contribution in [0.4, 0.5) is 0 Å². The molecular weight excluding hydrogens is 118 g/mol. The lowest BCUT2D eigenvalue weighted by Gasteiger charge is -2.23. The van der Waals surface area contributed by atoms with Crippen LogP contribution in [0.15, 0.2) is 0 Å². The van der Waals surface area contributed by atoms with Crippen LogP contribution in [0.2, 0.25) is 0 Å². The second-order valence-corrected chi connectivity index (χ2v) is 1.72.